The van der Waals surface area contributed by atoms with Gasteiger partial charge in [0.15, 0.2) is 0 Å². The smallest absolute Gasteiger partial charge is 0.326 e. The lowest BCUT2D eigenvalue weighted by Crippen LogP contribution is -2.45. The molecule has 0 saturated heterocycles. The summed E-state index contributed by atoms with van der Waals surface area (Å²) in [7, 11) is 0. The Morgan fingerprint density at radius 1 is 1.33 bits per heavy atom. The first-order valence-corrected chi connectivity index (χ1v) is 7.84. The van der Waals surface area contributed by atoms with Crippen LogP contribution in [0.3, 0.4) is 0 Å². The first kappa shape index (κ1) is 17.8. The van der Waals surface area contributed by atoms with Gasteiger partial charge in [0.1, 0.15) is 6.04 Å². The molecular formula is C16H19FN2O5. The van der Waals surface area contributed by atoms with Crippen LogP contribution in [0.15, 0.2) is 18.2 Å². The minimum absolute atomic E-state index is 0.144. The van der Waals surface area contributed by atoms with Crippen molar-refractivity contribution in [2.75, 3.05) is 0 Å². The molecule has 1 fully saturated rings. The lowest BCUT2D eigenvalue weighted by Gasteiger charge is -2.23. The second kappa shape index (κ2) is 7.85. The zero-order chi connectivity index (χ0) is 17.7. The van der Waals surface area contributed by atoms with Crippen LogP contribution in [0.5, 0.6) is 0 Å². The van der Waals surface area contributed by atoms with E-state index in [9.17, 15) is 29.2 Å². The summed E-state index contributed by atoms with van der Waals surface area (Å²) < 4.78 is 13.3. The first-order chi connectivity index (χ1) is 11.4. The number of hydrogen-bond acceptors (Lipinski definition) is 4. The molecule has 1 amide bonds. The van der Waals surface area contributed by atoms with E-state index in [0.29, 0.717) is 0 Å². The zero-order valence-corrected chi connectivity index (χ0v) is 13.0. The number of nitrogens with zero attached hydrogens (tertiary/aromatic N) is 1. The lowest BCUT2D eigenvalue weighted by molar-refractivity contribution is -0.387. The Morgan fingerprint density at radius 3 is 2.58 bits per heavy atom. The van der Waals surface area contributed by atoms with Crippen molar-refractivity contribution >= 4 is 17.6 Å². The molecule has 130 valence electrons. The van der Waals surface area contributed by atoms with Gasteiger partial charge in [-0.2, -0.15) is 4.39 Å². The third-order valence-electron chi connectivity index (χ3n) is 4.24. The molecule has 1 aliphatic rings. The van der Waals surface area contributed by atoms with Crippen LogP contribution in [0.2, 0.25) is 0 Å². The number of carboxylic acids is 1. The number of aliphatic carboxylic acids is 1. The van der Waals surface area contributed by atoms with Crippen LogP contribution in [0.25, 0.3) is 0 Å². The Labute approximate surface area is 138 Å². The van der Waals surface area contributed by atoms with Gasteiger partial charge in [-0.1, -0.05) is 25.3 Å². The Bertz CT molecular complexity index is 643. The van der Waals surface area contributed by atoms with Crippen molar-refractivity contribution < 1.29 is 24.0 Å². The molecule has 1 aromatic rings. The summed E-state index contributed by atoms with van der Waals surface area (Å²) in [5, 5.41) is 22.5. The summed E-state index contributed by atoms with van der Waals surface area (Å²) in [4.78, 5) is 33.5. The van der Waals surface area contributed by atoms with E-state index in [1.165, 1.54) is 6.07 Å². The topological polar surface area (TPSA) is 110 Å². The number of nitro groups is 1. The van der Waals surface area contributed by atoms with Gasteiger partial charge in [-0.05, 0) is 24.5 Å². The molecule has 2 N–H and O–H groups in total. The Kier molecular flexibility index (Phi) is 5.83. The third-order valence-corrected chi connectivity index (χ3v) is 4.24. The minimum atomic E-state index is -1.23. The third kappa shape index (κ3) is 4.50. The zero-order valence-electron chi connectivity index (χ0n) is 13.0. The molecule has 8 heteroatoms. The highest BCUT2D eigenvalue weighted by Gasteiger charge is 2.27. The fourth-order valence-corrected chi connectivity index (χ4v) is 2.92. The van der Waals surface area contributed by atoms with Gasteiger partial charge in [0, 0.05) is 18.4 Å². The molecule has 1 atom stereocenters. The van der Waals surface area contributed by atoms with E-state index in [4.69, 9.17) is 0 Å². The van der Waals surface area contributed by atoms with E-state index in [1.54, 1.807) is 0 Å². The van der Waals surface area contributed by atoms with Crippen LogP contribution in [0.1, 0.15) is 37.7 Å². The number of hydrogen-bond donors (Lipinski definition) is 2. The highest BCUT2D eigenvalue weighted by molar-refractivity contribution is 5.85. The summed E-state index contributed by atoms with van der Waals surface area (Å²) in [6.45, 7) is 0. The van der Waals surface area contributed by atoms with E-state index in [1.807, 2.05) is 0 Å². The van der Waals surface area contributed by atoms with E-state index >= 15 is 0 Å². The van der Waals surface area contributed by atoms with Gasteiger partial charge < -0.3 is 10.4 Å². The maximum atomic E-state index is 13.3. The van der Waals surface area contributed by atoms with Gasteiger partial charge >= 0.3 is 11.7 Å². The maximum Gasteiger partial charge on any atom is 0.326 e. The van der Waals surface area contributed by atoms with Crippen molar-refractivity contribution in [3.63, 3.8) is 0 Å². The van der Waals surface area contributed by atoms with Crippen molar-refractivity contribution in [3.8, 4) is 0 Å². The number of rotatable bonds is 6. The van der Waals surface area contributed by atoms with Gasteiger partial charge in [-0.3, -0.25) is 14.9 Å². The fourth-order valence-electron chi connectivity index (χ4n) is 2.92. The standard InChI is InChI=1S/C16H19FN2O5/c17-12-7-6-10(9-14(12)19(23)24)8-13(16(21)22)18-15(20)11-4-2-1-3-5-11/h6-7,9,11,13H,1-5,8H2,(H,18,20)(H,21,22)/t13-/m1/s1. The van der Waals surface area contributed by atoms with Crippen molar-refractivity contribution in [1.82, 2.24) is 5.32 Å². The molecule has 0 radical (unpaired) electrons. The lowest BCUT2D eigenvalue weighted by atomic mass is 9.88. The van der Waals surface area contributed by atoms with E-state index in [2.05, 4.69) is 5.32 Å². The maximum absolute atomic E-state index is 13.3. The molecule has 0 aromatic heterocycles. The SMILES string of the molecule is O=C(N[C@H](Cc1ccc(F)c([N+](=O)[O-])c1)C(=O)O)C1CCCCC1. The van der Waals surface area contributed by atoms with Crippen LogP contribution in [-0.2, 0) is 16.0 Å². The minimum Gasteiger partial charge on any atom is -0.480 e. The normalized spacial score (nSPS) is 16.4. The van der Waals surface area contributed by atoms with Crippen molar-refractivity contribution in [3.05, 3.63) is 39.7 Å². The molecule has 2 rings (SSSR count). The summed E-state index contributed by atoms with van der Waals surface area (Å²) in [6.07, 6.45) is 4.29. The number of halogens is 1. The summed E-state index contributed by atoms with van der Waals surface area (Å²) in [5.41, 5.74) is -0.435. The molecule has 0 spiro atoms. The van der Waals surface area contributed by atoms with Gasteiger partial charge in [0.25, 0.3) is 0 Å². The molecule has 1 saturated carbocycles. The van der Waals surface area contributed by atoms with Crippen LogP contribution >= 0.6 is 0 Å². The average molecular weight is 338 g/mol. The first-order valence-electron chi connectivity index (χ1n) is 7.84. The van der Waals surface area contributed by atoms with E-state index < -0.39 is 28.4 Å². The number of carbonyl (C=O) groups is 2. The summed E-state index contributed by atoms with van der Waals surface area (Å²) >= 11 is 0. The summed E-state index contributed by atoms with van der Waals surface area (Å²) in [5.74, 6) is -2.71. The largest absolute Gasteiger partial charge is 0.480 e. The number of carbonyl (C=O) groups excluding carboxylic acids is 1. The van der Waals surface area contributed by atoms with Crippen LogP contribution < -0.4 is 5.32 Å². The van der Waals surface area contributed by atoms with Crippen molar-refractivity contribution in [1.29, 1.82) is 0 Å². The van der Waals surface area contributed by atoms with Gasteiger partial charge in [0.2, 0.25) is 11.7 Å². The highest BCUT2D eigenvalue weighted by Crippen LogP contribution is 2.24. The Balaban J connectivity index is 2.08. The second-order valence-electron chi connectivity index (χ2n) is 5.98. The monoisotopic (exact) mass is 338 g/mol. The van der Waals surface area contributed by atoms with Crippen LogP contribution in [-0.4, -0.2) is 27.9 Å². The molecule has 0 aliphatic heterocycles. The van der Waals surface area contributed by atoms with E-state index in [0.717, 1.165) is 44.2 Å². The van der Waals surface area contributed by atoms with E-state index in [-0.39, 0.29) is 23.8 Å². The molecule has 0 bridgehead atoms. The molecule has 1 aromatic carbocycles. The van der Waals surface area contributed by atoms with Crippen LogP contribution in [0.4, 0.5) is 10.1 Å². The molecule has 24 heavy (non-hydrogen) atoms. The Morgan fingerprint density at radius 2 is 2.00 bits per heavy atom. The predicted octanol–water partition coefficient (Wildman–Crippen LogP) is 2.43. The summed E-state index contributed by atoms with van der Waals surface area (Å²) in [6, 6.07) is 2.00. The molecule has 7 nitrogen and oxygen atoms in total. The van der Waals surface area contributed by atoms with Gasteiger partial charge in [-0.15, -0.1) is 0 Å². The number of nitrogens with one attached hydrogen (secondary N) is 1. The van der Waals surface area contributed by atoms with Crippen molar-refractivity contribution in [2.24, 2.45) is 5.92 Å². The Hall–Kier alpha value is -2.51. The predicted molar refractivity (Wildman–Crippen MR) is 82.9 cm³/mol. The number of nitro benzene ring substituents is 1. The molecule has 0 unspecified atom stereocenters. The second-order valence-corrected chi connectivity index (χ2v) is 5.98. The molecular weight excluding hydrogens is 319 g/mol. The van der Waals surface area contributed by atoms with Gasteiger partial charge in [0.05, 0.1) is 4.92 Å². The number of amides is 1. The van der Waals surface area contributed by atoms with Gasteiger partial charge in [-0.25, -0.2) is 4.79 Å². The van der Waals surface area contributed by atoms with Crippen LogP contribution in [0, 0.1) is 21.8 Å². The number of carboxylic acid groups (broad SMARTS) is 1. The fraction of sp³-hybridized carbons (Fsp3) is 0.500. The number of benzene rings is 1. The van der Waals surface area contributed by atoms with Crippen molar-refractivity contribution in [2.45, 2.75) is 44.6 Å². The molecule has 1 aliphatic carbocycles. The average Bonchev–Trinajstić information content (AvgIpc) is 2.56. The quantitative estimate of drug-likeness (QED) is 0.611. The molecule has 0 heterocycles. The highest BCUT2D eigenvalue weighted by atomic mass is 19.1.